The molecule has 2 aromatic rings. The van der Waals surface area contributed by atoms with Crippen LogP contribution in [0.25, 0.3) is 0 Å². The third kappa shape index (κ3) is 2.68. The molecule has 26 heavy (non-hydrogen) atoms. The Morgan fingerprint density at radius 3 is 2.69 bits per heavy atom. The number of rotatable bonds is 2. The second-order valence-electron chi connectivity index (χ2n) is 7.59. The lowest BCUT2D eigenvalue weighted by molar-refractivity contribution is -0.154. The predicted molar refractivity (Wildman–Crippen MR) is 98.4 cm³/mol. The number of esters is 1. The molecule has 0 bridgehead atoms. The topological polar surface area (TPSA) is 56.8 Å². The van der Waals surface area contributed by atoms with E-state index in [9.17, 15) is 4.79 Å². The first-order valence-electron chi connectivity index (χ1n) is 8.80. The minimum Gasteiger partial charge on any atom is -0.457 e. The Hall–Kier alpha value is -2.69. The summed E-state index contributed by atoms with van der Waals surface area (Å²) in [5.41, 5.74) is 3.86. The number of fused-ring (bicyclic) bond motifs is 2. The van der Waals surface area contributed by atoms with Crippen LogP contribution in [0.2, 0.25) is 0 Å². The number of anilines is 1. The van der Waals surface area contributed by atoms with Crippen molar-refractivity contribution in [3.8, 4) is 11.5 Å². The van der Waals surface area contributed by atoms with Gasteiger partial charge in [0, 0.05) is 23.6 Å². The Morgan fingerprint density at radius 2 is 1.92 bits per heavy atom. The summed E-state index contributed by atoms with van der Waals surface area (Å²) in [6.07, 6.45) is -0.341. The van der Waals surface area contributed by atoms with Crippen LogP contribution in [0, 0.1) is 12.3 Å². The van der Waals surface area contributed by atoms with Crippen molar-refractivity contribution in [3.05, 3.63) is 53.1 Å². The number of nitrogens with one attached hydrogen (secondary N) is 1. The van der Waals surface area contributed by atoms with Gasteiger partial charge in [0.15, 0.2) is 11.5 Å². The molecule has 2 aromatic carbocycles. The molecular formula is C21H23NO4. The molecule has 5 nitrogen and oxygen atoms in total. The van der Waals surface area contributed by atoms with Crippen molar-refractivity contribution in [2.24, 2.45) is 5.41 Å². The molecule has 0 fully saturated rings. The molecule has 0 aromatic heterocycles. The van der Waals surface area contributed by atoms with Gasteiger partial charge in [-0.3, -0.25) is 4.79 Å². The monoisotopic (exact) mass is 353 g/mol. The summed E-state index contributed by atoms with van der Waals surface area (Å²) in [5.74, 6) is 1.23. The van der Waals surface area contributed by atoms with Crippen LogP contribution in [0.4, 0.5) is 5.69 Å². The Balaban J connectivity index is 1.81. The SMILES string of the molecule is CC(=O)O[C@@H]1c2cc(C)ccc2N[C@H](c2ccc3c(c2)OCO3)C1(C)C. The molecule has 5 heteroatoms. The van der Waals surface area contributed by atoms with Crippen molar-refractivity contribution in [2.45, 2.75) is 39.8 Å². The number of aryl methyl sites for hydroxylation is 1. The zero-order chi connectivity index (χ0) is 18.5. The van der Waals surface area contributed by atoms with E-state index in [1.54, 1.807) is 0 Å². The van der Waals surface area contributed by atoms with E-state index in [-0.39, 0.29) is 30.3 Å². The van der Waals surface area contributed by atoms with E-state index >= 15 is 0 Å². The lowest BCUT2D eigenvalue weighted by atomic mass is 9.70. The number of hydrogen-bond acceptors (Lipinski definition) is 5. The summed E-state index contributed by atoms with van der Waals surface area (Å²) in [7, 11) is 0. The fourth-order valence-corrected chi connectivity index (χ4v) is 3.91. The normalized spacial score (nSPS) is 22.3. The highest BCUT2D eigenvalue weighted by Crippen LogP contribution is 2.54. The molecule has 2 heterocycles. The summed E-state index contributed by atoms with van der Waals surface area (Å²) in [4.78, 5) is 11.8. The van der Waals surface area contributed by atoms with Gasteiger partial charge in [-0.15, -0.1) is 0 Å². The molecule has 0 spiro atoms. The smallest absolute Gasteiger partial charge is 0.303 e. The van der Waals surface area contributed by atoms with Crippen LogP contribution in [-0.4, -0.2) is 12.8 Å². The molecular weight excluding hydrogens is 330 g/mol. The minimum absolute atomic E-state index is 0.0449. The van der Waals surface area contributed by atoms with Crippen LogP contribution in [0.15, 0.2) is 36.4 Å². The molecule has 2 aliphatic rings. The molecule has 0 radical (unpaired) electrons. The van der Waals surface area contributed by atoms with Crippen molar-refractivity contribution >= 4 is 11.7 Å². The fraction of sp³-hybridized carbons (Fsp3) is 0.381. The molecule has 0 unspecified atom stereocenters. The highest BCUT2D eigenvalue weighted by Gasteiger charge is 2.46. The summed E-state index contributed by atoms with van der Waals surface area (Å²) < 4.78 is 16.8. The summed E-state index contributed by atoms with van der Waals surface area (Å²) in [5, 5.41) is 3.64. The summed E-state index contributed by atoms with van der Waals surface area (Å²) in [6, 6.07) is 12.1. The summed E-state index contributed by atoms with van der Waals surface area (Å²) >= 11 is 0. The second-order valence-corrected chi connectivity index (χ2v) is 7.59. The first-order chi connectivity index (χ1) is 12.4. The minimum atomic E-state index is -0.361. The molecule has 4 rings (SSSR count). The van der Waals surface area contributed by atoms with Gasteiger partial charge in [0.05, 0.1) is 6.04 Å². The maximum atomic E-state index is 11.8. The van der Waals surface area contributed by atoms with E-state index in [2.05, 4.69) is 37.4 Å². The van der Waals surface area contributed by atoms with Crippen LogP contribution < -0.4 is 14.8 Å². The molecule has 0 aliphatic carbocycles. The van der Waals surface area contributed by atoms with Gasteiger partial charge in [-0.1, -0.05) is 37.6 Å². The highest BCUT2D eigenvalue weighted by molar-refractivity contribution is 5.68. The van der Waals surface area contributed by atoms with Gasteiger partial charge in [0.1, 0.15) is 6.10 Å². The summed E-state index contributed by atoms with van der Waals surface area (Å²) in [6.45, 7) is 7.99. The number of benzene rings is 2. The Labute approximate surface area is 153 Å². The van der Waals surface area contributed by atoms with Crippen LogP contribution >= 0.6 is 0 Å². The van der Waals surface area contributed by atoms with E-state index in [4.69, 9.17) is 14.2 Å². The van der Waals surface area contributed by atoms with Crippen LogP contribution in [0.5, 0.6) is 11.5 Å². The van der Waals surface area contributed by atoms with Crippen molar-refractivity contribution in [1.82, 2.24) is 0 Å². The van der Waals surface area contributed by atoms with Gasteiger partial charge < -0.3 is 19.5 Å². The van der Waals surface area contributed by atoms with E-state index in [1.165, 1.54) is 6.92 Å². The molecule has 2 atom stereocenters. The highest BCUT2D eigenvalue weighted by atomic mass is 16.7. The van der Waals surface area contributed by atoms with E-state index in [0.29, 0.717) is 0 Å². The average molecular weight is 353 g/mol. The van der Waals surface area contributed by atoms with E-state index in [1.807, 2.05) is 25.1 Å². The van der Waals surface area contributed by atoms with Gasteiger partial charge in [-0.2, -0.15) is 0 Å². The average Bonchev–Trinajstić information content (AvgIpc) is 3.05. The maximum absolute atomic E-state index is 11.8. The van der Waals surface area contributed by atoms with Gasteiger partial charge >= 0.3 is 5.97 Å². The molecule has 0 amide bonds. The Morgan fingerprint density at radius 1 is 1.15 bits per heavy atom. The molecule has 0 saturated carbocycles. The molecule has 136 valence electrons. The van der Waals surface area contributed by atoms with Gasteiger partial charge in [0.25, 0.3) is 0 Å². The van der Waals surface area contributed by atoms with Crippen LogP contribution in [0.1, 0.15) is 49.6 Å². The Bertz CT molecular complexity index is 874. The number of ether oxygens (including phenoxy) is 3. The largest absolute Gasteiger partial charge is 0.457 e. The molecule has 0 saturated heterocycles. The number of carbonyl (C=O) groups excluding carboxylic acids is 1. The Kier molecular flexibility index (Phi) is 3.83. The van der Waals surface area contributed by atoms with Crippen molar-refractivity contribution in [3.63, 3.8) is 0 Å². The number of hydrogen-bond donors (Lipinski definition) is 1. The van der Waals surface area contributed by atoms with E-state index in [0.717, 1.165) is 33.9 Å². The predicted octanol–water partition coefficient (Wildman–Crippen LogP) is 4.52. The molecule has 2 aliphatic heterocycles. The van der Waals surface area contributed by atoms with Crippen LogP contribution in [-0.2, 0) is 9.53 Å². The van der Waals surface area contributed by atoms with Gasteiger partial charge in [0.2, 0.25) is 6.79 Å². The first kappa shape index (κ1) is 16.8. The van der Waals surface area contributed by atoms with Gasteiger partial charge in [-0.05, 0) is 30.7 Å². The van der Waals surface area contributed by atoms with Crippen molar-refractivity contribution in [1.29, 1.82) is 0 Å². The zero-order valence-electron chi connectivity index (χ0n) is 15.5. The maximum Gasteiger partial charge on any atom is 0.303 e. The van der Waals surface area contributed by atoms with Gasteiger partial charge in [-0.25, -0.2) is 0 Å². The second kappa shape index (κ2) is 5.94. The fourth-order valence-electron chi connectivity index (χ4n) is 3.91. The quantitative estimate of drug-likeness (QED) is 0.805. The number of carbonyl (C=O) groups is 1. The lowest BCUT2D eigenvalue weighted by Crippen LogP contribution is -2.40. The van der Waals surface area contributed by atoms with Crippen LogP contribution in [0.3, 0.4) is 0 Å². The lowest BCUT2D eigenvalue weighted by Gasteiger charge is -2.46. The zero-order valence-corrected chi connectivity index (χ0v) is 15.5. The first-order valence-corrected chi connectivity index (χ1v) is 8.80. The third-order valence-electron chi connectivity index (χ3n) is 5.22. The van der Waals surface area contributed by atoms with Crippen molar-refractivity contribution in [2.75, 3.05) is 12.1 Å². The standard InChI is InChI=1S/C21H23NO4/c1-12-5-7-16-15(9-12)20(26-13(2)23)21(3,4)19(22-16)14-6-8-17-18(10-14)25-11-24-17/h5-10,19-20,22H,11H2,1-4H3/t19-,20-/m1/s1. The molecule has 1 N–H and O–H groups in total. The van der Waals surface area contributed by atoms with Crippen molar-refractivity contribution < 1.29 is 19.0 Å². The van der Waals surface area contributed by atoms with E-state index < -0.39 is 0 Å². The third-order valence-corrected chi connectivity index (χ3v) is 5.22.